The van der Waals surface area contributed by atoms with Gasteiger partial charge in [-0.1, -0.05) is 29.8 Å². The molecule has 174 valence electrons. The van der Waals surface area contributed by atoms with E-state index < -0.39 is 16.7 Å². The van der Waals surface area contributed by atoms with Gasteiger partial charge in [-0.3, -0.25) is 4.90 Å². The number of hydrogen-bond acceptors (Lipinski definition) is 7. The lowest BCUT2D eigenvalue weighted by Crippen LogP contribution is -2.69. The first kappa shape index (κ1) is 25.2. The number of rotatable bonds is 5. The number of aliphatic imine (C=N–C) groups is 1. The topological polar surface area (TPSA) is 132 Å². The highest BCUT2D eigenvalue weighted by molar-refractivity contribution is 6.31. The molecular formula is C25H26ClN7O. The normalized spacial score (nSPS) is 27.4. The largest absolute Gasteiger partial charge is 0.357 e. The summed E-state index contributed by atoms with van der Waals surface area (Å²) in [7, 11) is 0. The number of amidine groups is 1. The quantitative estimate of drug-likeness (QED) is 0.639. The van der Waals surface area contributed by atoms with Crippen molar-refractivity contribution in [3.63, 3.8) is 0 Å². The molecular weight excluding hydrogens is 450 g/mol. The van der Waals surface area contributed by atoms with Gasteiger partial charge in [0.2, 0.25) is 0 Å². The molecule has 3 unspecified atom stereocenters. The molecule has 1 N–H and O–H groups in total. The number of ether oxygens (including phenoxy) is 1. The summed E-state index contributed by atoms with van der Waals surface area (Å²) in [6, 6.07) is 15.8. The number of hydrogen-bond donors (Lipinski definition) is 1. The molecule has 0 aromatic heterocycles. The number of allylic oxidation sites excluding steroid dienone is 1. The van der Waals surface area contributed by atoms with Crippen LogP contribution >= 0.6 is 11.6 Å². The molecule has 1 aromatic rings. The van der Waals surface area contributed by atoms with Crippen molar-refractivity contribution in [1.82, 2.24) is 10.2 Å². The molecule has 2 aliphatic heterocycles. The van der Waals surface area contributed by atoms with Gasteiger partial charge in [0.15, 0.2) is 5.57 Å². The van der Waals surface area contributed by atoms with Crippen molar-refractivity contribution < 1.29 is 4.74 Å². The van der Waals surface area contributed by atoms with Crippen LogP contribution in [-0.4, -0.2) is 42.7 Å². The van der Waals surface area contributed by atoms with Crippen molar-refractivity contribution in [3.05, 3.63) is 46.1 Å². The molecule has 0 radical (unpaired) electrons. The lowest BCUT2D eigenvalue weighted by molar-refractivity contribution is 0.0373. The first-order valence-electron chi connectivity index (χ1n) is 11.0. The summed E-state index contributed by atoms with van der Waals surface area (Å²) in [5.41, 5.74) is -2.20. The summed E-state index contributed by atoms with van der Waals surface area (Å²) in [5.74, 6) is -0.515. The summed E-state index contributed by atoms with van der Waals surface area (Å²) in [6.45, 7) is 8.18. The van der Waals surface area contributed by atoms with Gasteiger partial charge in [-0.25, -0.2) is 4.99 Å². The fourth-order valence-corrected chi connectivity index (χ4v) is 5.09. The number of likely N-dealkylation sites (tertiary alicyclic amines) is 1. The molecule has 2 bridgehead atoms. The van der Waals surface area contributed by atoms with E-state index >= 15 is 0 Å². The van der Waals surface area contributed by atoms with E-state index in [4.69, 9.17) is 16.3 Å². The molecule has 3 atom stereocenters. The molecule has 2 heterocycles. The molecule has 2 fully saturated rings. The summed E-state index contributed by atoms with van der Waals surface area (Å²) in [4.78, 5) is 6.60. The van der Waals surface area contributed by atoms with E-state index in [2.05, 4.69) is 22.4 Å². The second-order valence-electron chi connectivity index (χ2n) is 9.07. The maximum atomic E-state index is 10.7. The van der Waals surface area contributed by atoms with Crippen molar-refractivity contribution >= 4 is 17.4 Å². The van der Waals surface area contributed by atoms with Crippen LogP contribution in [0, 0.1) is 56.2 Å². The Morgan fingerprint density at radius 1 is 1.12 bits per heavy atom. The van der Waals surface area contributed by atoms with Gasteiger partial charge >= 0.3 is 0 Å². The molecule has 1 aromatic carbocycles. The molecule has 0 amide bonds. The first-order valence-corrected chi connectivity index (χ1v) is 11.4. The molecule has 0 saturated carbocycles. The molecule has 0 aliphatic carbocycles. The number of nitrogens with one attached hydrogen (secondary N) is 1. The molecule has 34 heavy (non-hydrogen) atoms. The molecule has 3 rings (SSSR count). The summed E-state index contributed by atoms with van der Waals surface area (Å²) < 4.78 is 5.62. The van der Waals surface area contributed by atoms with E-state index in [1.807, 2.05) is 44.7 Å². The minimum atomic E-state index is -1.41. The Labute approximate surface area is 205 Å². The van der Waals surface area contributed by atoms with E-state index in [1.165, 1.54) is 0 Å². The molecule has 0 spiro atoms. The number of halogens is 1. The highest BCUT2D eigenvalue weighted by atomic mass is 35.5. The van der Waals surface area contributed by atoms with E-state index in [1.54, 1.807) is 24.3 Å². The maximum absolute atomic E-state index is 10.7. The fraction of sp³-hybridized carbons (Fsp3) is 0.480. The monoisotopic (exact) mass is 475 g/mol. The van der Waals surface area contributed by atoms with E-state index in [0.717, 1.165) is 0 Å². The van der Waals surface area contributed by atoms with Crippen molar-refractivity contribution in [3.8, 4) is 24.3 Å². The third kappa shape index (κ3) is 4.02. The Balaban J connectivity index is 2.44. The third-order valence-electron chi connectivity index (χ3n) is 6.45. The molecule has 9 heteroatoms. The average molecular weight is 476 g/mol. The van der Waals surface area contributed by atoms with E-state index in [-0.39, 0.29) is 49.1 Å². The SMILES string of the molecule is CC(C)OC/N=C1/NC(=C(C#N)C#N)C2(C#N)CN(C(C)C)CC1(C#N)C2c1ccccc1Cl. The third-order valence-corrected chi connectivity index (χ3v) is 6.80. The predicted molar refractivity (Wildman–Crippen MR) is 127 cm³/mol. The van der Waals surface area contributed by atoms with Crippen LogP contribution in [-0.2, 0) is 4.74 Å². The van der Waals surface area contributed by atoms with Crippen LogP contribution < -0.4 is 5.32 Å². The minimum absolute atomic E-state index is 0.00668. The van der Waals surface area contributed by atoms with Crippen LogP contribution in [0.25, 0.3) is 0 Å². The van der Waals surface area contributed by atoms with Crippen LogP contribution in [0.1, 0.15) is 39.2 Å². The Morgan fingerprint density at radius 2 is 1.74 bits per heavy atom. The zero-order valence-corrected chi connectivity index (χ0v) is 20.4. The highest BCUT2D eigenvalue weighted by Crippen LogP contribution is 2.59. The van der Waals surface area contributed by atoms with Crippen LogP contribution in [0.2, 0.25) is 5.02 Å². The lowest BCUT2D eigenvalue weighted by Gasteiger charge is -2.58. The number of nitrogens with zero attached hydrogens (tertiary/aromatic N) is 6. The molecule has 8 nitrogen and oxygen atoms in total. The Kier molecular flexibility index (Phi) is 7.30. The smallest absolute Gasteiger partial charge is 0.150 e. The van der Waals surface area contributed by atoms with Crippen molar-refractivity contribution in [2.24, 2.45) is 15.8 Å². The van der Waals surface area contributed by atoms with Crippen LogP contribution in [0.5, 0.6) is 0 Å². The van der Waals surface area contributed by atoms with Gasteiger partial charge in [0.05, 0.1) is 23.9 Å². The Hall–Kier alpha value is -3.40. The van der Waals surface area contributed by atoms with Crippen molar-refractivity contribution in [2.75, 3.05) is 19.8 Å². The van der Waals surface area contributed by atoms with Gasteiger partial charge in [-0.05, 0) is 39.3 Å². The van der Waals surface area contributed by atoms with Crippen LogP contribution in [0.3, 0.4) is 0 Å². The van der Waals surface area contributed by atoms with Crippen LogP contribution in [0.15, 0.2) is 40.5 Å². The zero-order chi connectivity index (χ0) is 25.1. The summed E-state index contributed by atoms with van der Waals surface area (Å²) in [6.07, 6.45) is -0.0918. The van der Waals surface area contributed by atoms with Crippen LogP contribution in [0.4, 0.5) is 0 Å². The standard InChI is InChI=1S/C25H26ClN7O/c1-16(2)33-13-24(11-29)21(19-7-5-6-8-20(19)26)25(12-30,14-33)23(31-15-34-17(3)4)32-22(24)18(9-27)10-28/h5-8,16-17,21H,13-15H2,1-4H3,(H,31,32). The van der Waals surface area contributed by atoms with E-state index in [0.29, 0.717) is 10.6 Å². The van der Waals surface area contributed by atoms with Gasteiger partial charge in [0.1, 0.15) is 35.5 Å². The van der Waals surface area contributed by atoms with Gasteiger partial charge in [0, 0.05) is 30.1 Å². The lowest BCUT2D eigenvalue weighted by atomic mass is 9.52. The number of benzene rings is 1. The molecule has 2 saturated heterocycles. The second kappa shape index (κ2) is 9.84. The van der Waals surface area contributed by atoms with Gasteiger partial charge in [-0.15, -0.1) is 0 Å². The van der Waals surface area contributed by atoms with Gasteiger partial charge < -0.3 is 10.1 Å². The highest BCUT2D eigenvalue weighted by Gasteiger charge is 2.66. The van der Waals surface area contributed by atoms with Crippen molar-refractivity contribution in [2.45, 2.75) is 45.8 Å². The summed E-state index contributed by atoms with van der Waals surface area (Å²) >= 11 is 6.63. The minimum Gasteiger partial charge on any atom is -0.357 e. The summed E-state index contributed by atoms with van der Waals surface area (Å²) in [5, 5.41) is 44.4. The van der Waals surface area contributed by atoms with Gasteiger partial charge in [0.25, 0.3) is 0 Å². The number of fused-ring (bicyclic) bond motifs is 2. The Bertz CT molecular complexity index is 1180. The Morgan fingerprint density at radius 3 is 2.26 bits per heavy atom. The number of piperidine rings is 2. The first-order chi connectivity index (χ1) is 16.2. The van der Waals surface area contributed by atoms with E-state index in [9.17, 15) is 21.0 Å². The predicted octanol–water partition coefficient (Wildman–Crippen LogP) is 3.85. The van der Waals surface area contributed by atoms with Gasteiger partial charge in [-0.2, -0.15) is 21.0 Å². The fourth-order valence-electron chi connectivity index (χ4n) is 4.84. The second-order valence-corrected chi connectivity index (χ2v) is 9.48. The van der Waals surface area contributed by atoms with Crippen molar-refractivity contribution in [1.29, 1.82) is 21.0 Å². The number of nitriles is 4. The maximum Gasteiger partial charge on any atom is 0.150 e. The average Bonchev–Trinajstić information content (AvgIpc) is 2.81. The molecule has 2 aliphatic rings. The zero-order valence-electron chi connectivity index (χ0n) is 19.6.